The van der Waals surface area contributed by atoms with Gasteiger partial charge in [-0.2, -0.15) is 0 Å². The first-order valence-corrected chi connectivity index (χ1v) is 7.42. The number of halogens is 1. The second-order valence-electron chi connectivity index (χ2n) is 4.98. The zero-order valence-electron chi connectivity index (χ0n) is 12.6. The molecule has 1 amide bonds. The van der Waals surface area contributed by atoms with Gasteiger partial charge in [0.1, 0.15) is 11.5 Å². The molecule has 0 aliphatic carbocycles. The van der Waals surface area contributed by atoms with E-state index in [1.807, 2.05) is 6.07 Å². The summed E-state index contributed by atoms with van der Waals surface area (Å²) in [4.78, 5) is 16.1. The molecule has 0 aliphatic rings. The maximum Gasteiger partial charge on any atom is 0.270 e. The summed E-state index contributed by atoms with van der Waals surface area (Å²) in [5.41, 5.74) is 1.63. The number of aromatic nitrogens is 1. The second-order valence-corrected chi connectivity index (χ2v) is 4.98. The number of benzene rings is 1. The summed E-state index contributed by atoms with van der Waals surface area (Å²) in [6.45, 7) is 3.12. The molecule has 1 heterocycles. The van der Waals surface area contributed by atoms with E-state index in [1.165, 1.54) is 6.07 Å². The Labute approximate surface area is 129 Å². The van der Waals surface area contributed by atoms with Crippen LogP contribution in [0.15, 0.2) is 42.6 Å². The summed E-state index contributed by atoms with van der Waals surface area (Å²) in [5, 5.41) is 5.93. The number of unbranched alkanes of at least 4 members (excludes halogenated alkanes) is 1. The molecule has 4 nitrogen and oxygen atoms in total. The molecule has 2 rings (SSSR count). The van der Waals surface area contributed by atoms with E-state index in [2.05, 4.69) is 22.5 Å². The summed E-state index contributed by atoms with van der Waals surface area (Å²) in [7, 11) is 0. The minimum Gasteiger partial charge on any atom is -0.385 e. The van der Waals surface area contributed by atoms with Gasteiger partial charge in [-0.15, -0.1) is 0 Å². The van der Waals surface area contributed by atoms with E-state index >= 15 is 0 Å². The molecular formula is C17H20FN3O. The van der Waals surface area contributed by atoms with E-state index < -0.39 is 0 Å². The molecule has 0 unspecified atom stereocenters. The number of rotatable bonds is 7. The van der Waals surface area contributed by atoms with E-state index in [0.29, 0.717) is 11.3 Å². The van der Waals surface area contributed by atoms with Crippen molar-refractivity contribution >= 4 is 11.6 Å². The molecular weight excluding hydrogens is 281 g/mol. The lowest BCUT2D eigenvalue weighted by atomic mass is 10.2. The number of carbonyl (C=O) groups excluding carboxylic acids is 1. The van der Waals surface area contributed by atoms with Gasteiger partial charge in [-0.3, -0.25) is 9.78 Å². The Morgan fingerprint density at radius 3 is 2.86 bits per heavy atom. The van der Waals surface area contributed by atoms with Gasteiger partial charge in [0.05, 0.1) is 0 Å². The van der Waals surface area contributed by atoms with Gasteiger partial charge in [-0.1, -0.05) is 31.5 Å². The first-order chi connectivity index (χ1) is 10.7. The summed E-state index contributed by atoms with van der Waals surface area (Å²) in [6.07, 6.45) is 3.76. The molecule has 1 aromatic carbocycles. The van der Waals surface area contributed by atoms with Gasteiger partial charge in [-0.25, -0.2) is 4.39 Å². The normalized spacial score (nSPS) is 10.3. The molecule has 2 aromatic rings. The Morgan fingerprint density at radius 2 is 2.09 bits per heavy atom. The first-order valence-electron chi connectivity index (χ1n) is 7.42. The van der Waals surface area contributed by atoms with Crippen LogP contribution in [0.1, 0.15) is 35.8 Å². The molecule has 0 atom stereocenters. The number of pyridine rings is 1. The number of hydrogen-bond acceptors (Lipinski definition) is 3. The first kappa shape index (κ1) is 15.9. The quantitative estimate of drug-likeness (QED) is 0.771. The van der Waals surface area contributed by atoms with Crippen molar-refractivity contribution in [1.29, 1.82) is 0 Å². The molecule has 0 radical (unpaired) electrons. The highest BCUT2D eigenvalue weighted by atomic mass is 19.1. The van der Waals surface area contributed by atoms with Crippen molar-refractivity contribution in [2.45, 2.75) is 26.3 Å². The number of nitrogens with one attached hydrogen (secondary N) is 2. The SMILES string of the molecule is CCCCNc1ccnc(C(=O)NCc2ccccc2F)c1. The highest BCUT2D eigenvalue weighted by molar-refractivity contribution is 5.93. The summed E-state index contributed by atoms with van der Waals surface area (Å²) in [6, 6.07) is 9.90. The van der Waals surface area contributed by atoms with E-state index in [1.54, 1.807) is 30.5 Å². The highest BCUT2D eigenvalue weighted by Crippen LogP contribution is 2.09. The average molecular weight is 301 g/mol. The zero-order chi connectivity index (χ0) is 15.8. The molecule has 0 saturated heterocycles. The molecule has 22 heavy (non-hydrogen) atoms. The maximum absolute atomic E-state index is 13.5. The molecule has 0 spiro atoms. The van der Waals surface area contributed by atoms with E-state index in [-0.39, 0.29) is 18.3 Å². The van der Waals surface area contributed by atoms with Crippen LogP contribution in [0, 0.1) is 5.82 Å². The van der Waals surface area contributed by atoms with Gasteiger partial charge in [0, 0.05) is 30.5 Å². The van der Waals surface area contributed by atoms with Crippen molar-refractivity contribution in [2.75, 3.05) is 11.9 Å². The highest BCUT2D eigenvalue weighted by Gasteiger charge is 2.09. The number of amides is 1. The van der Waals surface area contributed by atoms with Gasteiger partial charge in [0.2, 0.25) is 0 Å². The van der Waals surface area contributed by atoms with Crippen LogP contribution >= 0.6 is 0 Å². The molecule has 0 bridgehead atoms. The Kier molecular flexibility index (Phi) is 5.89. The fraction of sp³-hybridized carbons (Fsp3) is 0.294. The van der Waals surface area contributed by atoms with Crippen LogP contribution in [-0.2, 0) is 6.54 Å². The van der Waals surface area contributed by atoms with Crippen LogP contribution in [0.5, 0.6) is 0 Å². The van der Waals surface area contributed by atoms with E-state index in [9.17, 15) is 9.18 Å². The standard InChI is InChI=1S/C17H20FN3O/c1-2-3-9-19-14-8-10-20-16(11-14)17(22)21-12-13-6-4-5-7-15(13)18/h4-8,10-11H,2-3,9,12H2,1H3,(H,19,20)(H,21,22). The molecule has 0 saturated carbocycles. The molecule has 2 N–H and O–H groups in total. The van der Waals surface area contributed by atoms with E-state index in [0.717, 1.165) is 25.1 Å². The third-order valence-electron chi connectivity index (χ3n) is 3.25. The van der Waals surface area contributed by atoms with Crippen molar-refractivity contribution in [1.82, 2.24) is 10.3 Å². The fourth-order valence-electron chi connectivity index (χ4n) is 1.98. The Bertz CT molecular complexity index is 631. The van der Waals surface area contributed by atoms with Crippen LogP contribution in [-0.4, -0.2) is 17.4 Å². The number of anilines is 1. The summed E-state index contributed by atoms with van der Waals surface area (Å²) in [5.74, 6) is -0.645. The molecule has 0 aliphatic heterocycles. The molecule has 1 aromatic heterocycles. The number of carbonyl (C=O) groups is 1. The maximum atomic E-state index is 13.5. The predicted octanol–water partition coefficient (Wildman–Crippen LogP) is 3.36. The largest absolute Gasteiger partial charge is 0.385 e. The molecule has 0 fully saturated rings. The van der Waals surface area contributed by atoms with E-state index in [4.69, 9.17) is 0 Å². The summed E-state index contributed by atoms with van der Waals surface area (Å²) >= 11 is 0. The van der Waals surface area contributed by atoms with Crippen LogP contribution < -0.4 is 10.6 Å². The van der Waals surface area contributed by atoms with Gasteiger partial charge >= 0.3 is 0 Å². The van der Waals surface area contributed by atoms with Crippen molar-refractivity contribution in [3.05, 3.63) is 59.7 Å². The smallest absolute Gasteiger partial charge is 0.270 e. The van der Waals surface area contributed by atoms with Gasteiger partial charge < -0.3 is 10.6 Å². The van der Waals surface area contributed by atoms with Gasteiger partial charge in [-0.05, 0) is 24.6 Å². The van der Waals surface area contributed by atoms with Gasteiger partial charge in [0.25, 0.3) is 5.91 Å². The van der Waals surface area contributed by atoms with Crippen molar-refractivity contribution in [2.24, 2.45) is 0 Å². The lowest BCUT2D eigenvalue weighted by molar-refractivity contribution is 0.0945. The topological polar surface area (TPSA) is 54.0 Å². The van der Waals surface area contributed by atoms with Crippen molar-refractivity contribution in [3.8, 4) is 0 Å². The average Bonchev–Trinajstić information content (AvgIpc) is 2.54. The minimum absolute atomic E-state index is 0.140. The Morgan fingerprint density at radius 1 is 1.27 bits per heavy atom. The molecule has 5 heteroatoms. The lowest BCUT2D eigenvalue weighted by Crippen LogP contribution is -2.24. The third-order valence-corrected chi connectivity index (χ3v) is 3.25. The minimum atomic E-state index is -0.328. The monoisotopic (exact) mass is 301 g/mol. The Balaban J connectivity index is 1.95. The van der Waals surface area contributed by atoms with Gasteiger partial charge in [0.15, 0.2) is 0 Å². The molecule has 116 valence electrons. The number of nitrogens with zero attached hydrogens (tertiary/aromatic N) is 1. The summed E-state index contributed by atoms with van der Waals surface area (Å²) < 4.78 is 13.5. The van der Waals surface area contributed by atoms with Crippen LogP contribution in [0.3, 0.4) is 0 Å². The van der Waals surface area contributed by atoms with Crippen molar-refractivity contribution < 1.29 is 9.18 Å². The Hall–Kier alpha value is -2.43. The van der Waals surface area contributed by atoms with Crippen molar-refractivity contribution in [3.63, 3.8) is 0 Å². The van der Waals surface area contributed by atoms with Crippen LogP contribution in [0.4, 0.5) is 10.1 Å². The second kappa shape index (κ2) is 8.12. The fourth-order valence-corrected chi connectivity index (χ4v) is 1.98. The van der Waals surface area contributed by atoms with Crippen LogP contribution in [0.25, 0.3) is 0 Å². The predicted molar refractivity (Wildman–Crippen MR) is 85.2 cm³/mol. The zero-order valence-corrected chi connectivity index (χ0v) is 12.6. The third kappa shape index (κ3) is 4.55. The number of hydrogen-bond donors (Lipinski definition) is 2. The van der Waals surface area contributed by atoms with Crippen LogP contribution in [0.2, 0.25) is 0 Å². The lowest BCUT2D eigenvalue weighted by Gasteiger charge is -2.08.